The van der Waals surface area contributed by atoms with Crippen LogP contribution in [0.4, 0.5) is 23.2 Å². The van der Waals surface area contributed by atoms with E-state index in [1.165, 1.54) is 18.2 Å². The van der Waals surface area contributed by atoms with E-state index in [9.17, 15) is 22.4 Å². The van der Waals surface area contributed by atoms with Gasteiger partial charge in [0.1, 0.15) is 12.4 Å². The molecule has 0 spiro atoms. The van der Waals surface area contributed by atoms with Crippen molar-refractivity contribution >= 4 is 11.6 Å². The summed E-state index contributed by atoms with van der Waals surface area (Å²) in [4.78, 5) is 13.0. The molecule has 25 heavy (non-hydrogen) atoms. The number of likely N-dealkylation sites (N-methyl/N-ethyl adjacent to an activating group) is 1. The molecule has 1 unspecified atom stereocenters. The Labute approximate surface area is 143 Å². The fraction of sp³-hybridized carbons (Fsp3) is 0.278. The van der Waals surface area contributed by atoms with Gasteiger partial charge in [-0.2, -0.15) is 13.2 Å². The molecule has 0 heterocycles. The Morgan fingerprint density at radius 2 is 1.72 bits per heavy atom. The number of hydrogen-bond donors (Lipinski definition) is 2. The monoisotopic (exact) mass is 355 g/mol. The number of alkyl halides is 3. The molecular weight excluding hydrogens is 336 g/mol. The third-order valence-corrected chi connectivity index (χ3v) is 4.04. The summed E-state index contributed by atoms with van der Waals surface area (Å²) >= 11 is 0. The molecule has 0 saturated heterocycles. The maximum absolute atomic E-state index is 13.7. The molecule has 134 valence electrons. The number of rotatable bonds is 5. The Bertz CT molecular complexity index is 729. The van der Waals surface area contributed by atoms with E-state index >= 15 is 0 Å². The van der Waals surface area contributed by atoms with E-state index in [2.05, 4.69) is 5.32 Å². The van der Waals surface area contributed by atoms with Gasteiger partial charge < -0.3 is 10.2 Å². The quantitative estimate of drug-likeness (QED) is 0.795. The van der Waals surface area contributed by atoms with Gasteiger partial charge in [0.2, 0.25) is 0 Å². The first-order chi connectivity index (χ1) is 11.7. The van der Waals surface area contributed by atoms with Crippen LogP contribution >= 0.6 is 0 Å². The summed E-state index contributed by atoms with van der Waals surface area (Å²) in [6.45, 7) is 1.99. The Morgan fingerprint density at radius 1 is 1.12 bits per heavy atom. The SMILES string of the molecule is C[C@H](C(=O)Nc1ccc(C(F)(F)F)cc1)[NH+](C)Cc1ccccc1F. The first-order valence-electron chi connectivity index (χ1n) is 7.72. The molecule has 0 aliphatic rings. The average molecular weight is 355 g/mol. The van der Waals surface area contributed by atoms with Crippen LogP contribution in [0.15, 0.2) is 48.5 Å². The van der Waals surface area contributed by atoms with Crippen LogP contribution < -0.4 is 10.2 Å². The third kappa shape index (κ3) is 5.03. The molecule has 0 bridgehead atoms. The van der Waals surface area contributed by atoms with Crippen LogP contribution in [-0.4, -0.2) is 19.0 Å². The van der Waals surface area contributed by atoms with E-state index in [1.54, 1.807) is 32.2 Å². The molecule has 0 fully saturated rings. The van der Waals surface area contributed by atoms with Crippen molar-refractivity contribution in [2.75, 3.05) is 12.4 Å². The molecule has 2 atom stereocenters. The lowest BCUT2D eigenvalue weighted by Gasteiger charge is -2.21. The molecular formula is C18H19F4N2O+. The maximum atomic E-state index is 13.7. The van der Waals surface area contributed by atoms with E-state index in [1.807, 2.05) is 0 Å². The van der Waals surface area contributed by atoms with Gasteiger partial charge in [-0.25, -0.2) is 4.39 Å². The lowest BCUT2D eigenvalue weighted by atomic mass is 10.1. The van der Waals surface area contributed by atoms with Gasteiger partial charge in [0.05, 0.1) is 12.6 Å². The van der Waals surface area contributed by atoms with Gasteiger partial charge in [-0.15, -0.1) is 0 Å². The average Bonchev–Trinajstić information content (AvgIpc) is 2.55. The number of halogens is 4. The highest BCUT2D eigenvalue weighted by atomic mass is 19.4. The normalized spacial score (nSPS) is 14.0. The number of anilines is 1. The second-order valence-electron chi connectivity index (χ2n) is 5.90. The van der Waals surface area contributed by atoms with Crippen molar-refractivity contribution in [3.05, 3.63) is 65.5 Å². The topological polar surface area (TPSA) is 33.5 Å². The zero-order valence-corrected chi connectivity index (χ0v) is 13.8. The second kappa shape index (κ2) is 7.65. The molecule has 1 amide bonds. The van der Waals surface area contributed by atoms with Crippen molar-refractivity contribution in [1.29, 1.82) is 0 Å². The summed E-state index contributed by atoms with van der Waals surface area (Å²) in [5.41, 5.74) is -0.00133. The van der Waals surface area contributed by atoms with Gasteiger partial charge in [0, 0.05) is 11.3 Å². The van der Waals surface area contributed by atoms with Crippen molar-refractivity contribution in [2.24, 2.45) is 0 Å². The van der Waals surface area contributed by atoms with E-state index < -0.39 is 17.8 Å². The smallest absolute Gasteiger partial charge is 0.324 e. The summed E-state index contributed by atoms with van der Waals surface area (Å²) in [6.07, 6.45) is -4.42. The standard InChI is InChI=1S/C18H18F4N2O/c1-12(24(2)11-13-5-3-4-6-16(13)19)17(25)23-15-9-7-14(8-10-15)18(20,21)22/h3-10,12H,11H2,1-2H3,(H,23,25)/p+1/t12-/m1/s1. The van der Waals surface area contributed by atoms with Crippen LogP contribution in [0.5, 0.6) is 0 Å². The van der Waals surface area contributed by atoms with Crippen LogP contribution in [0.25, 0.3) is 0 Å². The first-order valence-corrected chi connectivity index (χ1v) is 7.72. The molecule has 0 saturated carbocycles. The molecule has 3 nitrogen and oxygen atoms in total. The second-order valence-corrected chi connectivity index (χ2v) is 5.90. The van der Waals surface area contributed by atoms with Crippen molar-refractivity contribution in [3.8, 4) is 0 Å². The van der Waals surface area contributed by atoms with Gasteiger partial charge in [0.15, 0.2) is 6.04 Å². The lowest BCUT2D eigenvalue weighted by molar-refractivity contribution is -0.908. The van der Waals surface area contributed by atoms with Crippen molar-refractivity contribution < 1.29 is 27.3 Å². The minimum atomic E-state index is -4.42. The molecule has 0 aliphatic carbocycles. The van der Waals surface area contributed by atoms with Crippen molar-refractivity contribution in [3.63, 3.8) is 0 Å². The van der Waals surface area contributed by atoms with Gasteiger partial charge in [-0.05, 0) is 37.3 Å². The van der Waals surface area contributed by atoms with Crippen LogP contribution in [-0.2, 0) is 17.5 Å². The molecule has 7 heteroatoms. The van der Waals surface area contributed by atoms with E-state index in [4.69, 9.17) is 0 Å². The fourth-order valence-corrected chi connectivity index (χ4v) is 2.31. The van der Waals surface area contributed by atoms with Crippen LogP contribution in [0, 0.1) is 5.82 Å². The highest BCUT2D eigenvalue weighted by Crippen LogP contribution is 2.29. The molecule has 2 aromatic carbocycles. The molecule has 0 aromatic heterocycles. The number of carbonyl (C=O) groups is 1. The molecule has 2 aromatic rings. The van der Waals surface area contributed by atoms with Crippen LogP contribution in [0.3, 0.4) is 0 Å². The van der Waals surface area contributed by atoms with E-state index in [0.29, 0.717) is 12.1 Å². The minimum absolute atomic E-state index is 0.281. The zero-order valence-electron chi connectivity index (χ0n) is 13.8. The summed E-state index contributed by atoms with van der Waals surface area (Å²) in [5.74, 6) is -0.689. The summed E-state index contributed by atoms with van der Waals surface area (Å²) in [5, 5.41) is 2.58. The van der Waals surface area contributed by atoms with Crippen LogP contribution in [0.1, 0.15) is 18.1 Å². The van der Waals surface area contributed by atoms with Crippen molar-refractivity contribution in [1.82, 2.24) is 0 Å². The number of hydrogen-bond acceptors (Lipinski definition) is 1. The molecule has 0 radical (unpaired) electrons. The fourth-order valence-electron chi connectivity index (χ4n) is 2.31. The Morgan fingerprint density at radius 3 is 2.28 bits per heavy atom. The highest BCUT2D eigenvalue weighted by Gasteiger charge is 2.30. The summed E-state index contributed by atoms with van der Waals surface area (Å²) in [7, 11) is 1.75. The third-order valence-electron chi connectivity index (χ3n) is 4.04. The lowest BCUT2D eigenvalue weighted by Crippen LogP contribution is -3.12. The van der Waals surface area contributed by atoms with Crippen molar-refractivity contribution in [2.45, 2.75) is 25.7 Å². The van der Waals surface area contributed by atoms with Gasteiger partial charge in [-0.3, -0.25) is 4.79 Å². The summed E-state index contributed by atoms with van der Waals surface area (Å²) in [6, 6.07) is 10.1. The summed E-state index contributed by atoms with van der Waals surface area (Å²) < 4.78 is 51.3. The van der Waals surface area contributed by atoms with Gasteiger partial charge >= 0.3 is 6.18 Å². The highest BCUT2D eigenvalue weighted by molar-refractivity contribution is 5.93. The Balaban J connectivity index is 1.98. The molecule has 0 aliphatic heterocycles. The number of benzene rings is 2. The van der Waals surface area contributed by atoms with E-state index in [-0.39, 0.29) is 17.4 Å². The Kier molecular flexibility index (Phi) is 5.79. The van der Waals surface area contributed by atoms with Crippen LogP contribution in [0.2, 0.25) is 0 Å². The van der Waals surface area contributed by atoms with E-state index in [0.717, 1.165) is 17.0 Å². The van der Waals surface area contributed by atoms with Gasteiger partial charge in [0.25, 0.3) is 5.91 Å². The first kappa shape index (κ1) is 18.9. The largest absolute Gasteiger partial charge is 0.416 e. The predicted octanol–water partition coefficient (Wildman–Crippen LogP) is 2.89. The number of carbonyl (C=O) groups excluding carboxylic acids is 1. The maximum Gasteiger partial charge on any atom is 0.416 e. The number of quaternary nitrogens is 1. The minimum Gasteiger partial charge on any atom is -0.324 e. The van der Waals surface area contributed by atoms with Gasteiger partial charge in [-0.1, -0.05) is 18.2 Å². The zero-order chi connectivity index (χ0) is 18.6. The molecule has 2 rings (SSSR count). The molecule has 2 N–H and O–H groups in total. The predicted molar refractivity (Wildman–Crippen MR) is 86.5 cm³/mol. The number of amides is 1. The Hall–Kier alpha value is -2.41. The number of nitrogens with one attached hydrogen (secondary N) is 2.